The average Bonchev–Trinajstić information content (AvgIpc) is 2.00. The summed E-state index contributed by atoms with van der Waals surface area (Å²) in [4.78, 5) is 0. The summed E-state index contributed by atoms with van der Waals surface area (Å²) in [6.07, 6.45) is 9.39. The summed E-state index contributed by atoms with van der Waals surface area (Å²) >= 11 is 0. The molecule has 0 fully saturated rings. The van der Waals surface area contributed by atoms with Gasteiger partial charge in [-0.25, -0.2) is 0 Å². The molecule has 0 rings (SSSR count). The van der Waals surface area contributed by atoms with Crippen LogP contribution in [0.5, 0.6) is 0 Å². The van der Waals surface area contributed by atoms with Crippen molar-refractivity contribution < 1.29 is 0 Å². The van der Waals surface area contributed by atoms with Crippen LogP contribution in [0.3, 0.4) is 0 Å². The molecule has 0 radical (unpaired) electrons. The Morgan fingerprint density at radius 2 is 2.00 bits per heavy atom. The topological polar surface area (TPSA) is 0 Å². The Morgan fingerprint density at radius 3 is 2.42 bits per heavy atom. The molecule has 66 valence electrons. The second kappa shape index (κ2) is 6.69. The van der Waals surface area contributed by atoms with Crippen molar-refractivity contribution in [3.8, 4) is 0 Å². The molecule has 0 nitrogen and oxygen atoms in total. The highest BCUT2D eigenvalue weighted by Gasteiger charge is 1.83. The molecule has 0 aliphatic rings. The van der Waals surface area contributed by atoms with E-state index in [1.54, 1.807) is 0 Å². The Kier molecular flexibility index (Phi) is 6.14. The Morgan fingerprint density at radius 1 is 1.33 bits per heavy atom. The molecule has 0 saturated heterocycles. The van der Waals surface area contributed by atoms with Gasteiger partial charge in [0.2, 0.25) is 0 Å². The van der Waals surface area contributed by atoms with Crippen LogP contribution in [0.15, 0.2) is 41.2 Å². The van der Waals surface area contributed by atoms with E-state index in [9.17, 15) is 0 Å². The maximum Gasteiger partial charge on any atom is 0.0157 e. The maximum atomic E-state index is 3.18. The van der Waals surface area contributed by atoms with Gasteiger partial charge in [0, 0.05) is 5.57 Å². The van der Waals surface area contributed by atoms with Crippen LogP contribution in [-0.4, -0.2) is 0 Å². The van der Waals surface area contributed by atoms with E-state index in [4.69, 9.17) is 0 Å². The van der Waals surface area contributed by atoms with E-state index >= 15 is 0 Å². The van der Waals surface area contributed by atoms with Crippen LogP contribution in [0.1, 0.15) is 34.1 Å². The Hall–Kier alpha value is -1.00. The van der Waals surface area contributed by atoms with Gasteiger partial charge in [0.05, 0.1) is 0 Å². The van der Waals surface area contributed by atoms with Crippen LogP contribution >= 0.6 is 0 Å². The minimum absolute atomic E-state index is 1.07. The number of allylic oxidation sites excluding steroid dienone is 5. The van der Waals surface area contributed by atoms with Crippen molar-refractivity contribution >= 4 is 0 Å². The first-order chi connectivity index (χ1) is 5.70. The monoisotopic (exact) mass is 162 g/mol. The summed E-state index contributed by atoms with van der Waals surface area (Å²) < 4.78 is 0. The predicted molar refractivity (Wildman–Crippen MR) is 56.1 cm³/mol. The van der Waals surface area contributed by atoms with Crippen molar-refractivity contribution in [2.75, 3.05) is 0 Å². The lowest BCUT2D eigenvalue weighted by molar-refractivity contribution is 1.22. The maximum absolute atomic E-state index is 3.18. The summed E-state index contributed by atoms with van der Waals surface area (Å²) in [6.45, 7) is 8.30. The standard InChI is InChI=1S/C12H18/c1-5-7-9-12(8-6-2)10-11(3)4/h6-7,9-10H,5H2,1-4H3. The molecule has 0 unspecified atom stereocenters. The van der Waals surface area contributed by atoms with Gasteiger partial charge in [-0.05, 0) is 39.3 Å². The van der Waals surface area contributed by atoms with E-state index in [0.717, 1.165) is 12.0 Å². The highest BCUT2D eigenvalue weighted by molar-refractivity contribution is 5.31. The van der Waals surface area contributed by atoms with Crippen molar-refractivity contribution in [1.82, 2.24) is 0 Å². The SMILES string of the molecule is CC=C=C(C=CCC)C=C(C)C. The molecule has 0 amide bonds. The highest BCUT2D eigenvalue weighted by Crippen LogP contribution is 2.02. The molecular formula is C12H18. The van der Waals surface area contributed by atoms with Gasteiger partial charge in [-0.15, -0.1) is 5.73 Å². The lowest BCUT2D eigenvalue weighted by Crippen LogP contribution is -1.71. The first-order valence-electron chi connectivity index (χ1n) is 4.43. The third kappa shape index (κ3) is 5.76. The van der Waals surface area contributed by atoms with Crippen LogP contribution in [-0.2, 0) is 0 Å². The van der Waals surface area contributed by atoms with Gasteiger partial charge in [0.15, 0.2) is 0 Å². The van der Waals surface area contributed by atoms with Gasteiger partial charge >= 0.3 is 0 Å². The summed E-state index contributed by atoms with van der Waals surface area (Å²) in [5.41, 5.74) is 5.64. The quantitative estimate of drug-likeness (QED) is 0.434. The summed E-state index contributed by atoms with van der Waals surface area (Å²) in [5, 5.41) is 0. The molecule has 0 heteroatoms. The van der Waals surface area contributed by atoms with E-state index in [-0.39, 0.29) is 0 Å². The van der Waals surface area contributed by atoms with Crippen LogP contribution in [0.2, 0.25) is 0 Å². The Bertz CT molecular complexity index is 229. The summed E-state index contributed by atoms with van der Waals surface area (Å²) in [5.74, 6) is 0. The van der Waals surface area contributed by atoms with Crippen molar-refractivity contribution in [3.63, 3.8) is 0 Å². The number of hydrogen-bond acceptors (Lipinski definition) is 0. The molecule has 0 bridgehead atoms. The number of rotatable bonds is 3. The van der Waals surface area contributed by atoms with E-state index in [1.165, 1.54) is 5.57 Å². The fraction of sp³-hybridized carbons (Fsp3) is 0.417. The molecule has 0 saturated carbocycles. The lowest BCUT2D eigenvalue weighted by atomic mass is 10.2. The van der Waals surface area contributed by atoms with Gasteiger partial charge in [0.1, 0.15) is 0 Å². The molecule has 0 aliphatic carbocycles. The number of hydrogen-bond donors (Lipinski definition) is 0. The zero-order valence-electron chi connectivity index (χ0n) is 8.52. The molecule has 12 heavy (non-hydrogen) atoms. The minimum Gasteiger partial charge on any atom is -0.118 e. The fourth-order valence-electron chi connectivity index (χ4n) is 0.860. The predicted octanol–water partition coefficient (Wildman–Crippen LogP) is 4.02. The molecule has 0 N–H and O–H groups in total. The normalized spacial score (nSPS) is 9.33. The van der Waals surface area contributed by atoms with E-state index < -0.39 is 0 Å². The third-order valence-corrected chi connectivity index (χ3v) is 1.29. The Labute approximate surface area is 76.0 Å². The second-order valence-corrected chi connectivity index (χ2v) is 2.92. The van der Waals surface area contributed by atoms with Gasteiger partial charge in [-0.3, -0.25) is 0 Å². The average molecular weight is 162 g/mol. The van der Waals surface area contributed by atoms with Gasteiger partial charge in [0.25, 0.3) is 0 Å². The van der Waals surface area contributed by atoms with Crippen LogP contribution in [0.25, 0.3) is 0 Å². The molecule has 0 spiro atoms. The van der Waals surface area contributed by atoms with Gasteiger partial charge in [-0.2, -0.15) is 0 Å². The van der Waals surface area contributed by atoms with Crippen molar-refractivity contribution in [1.29, 1.82) is 0 Å². The zero-order valence-corrected chi connectivity index (χ0v) is 8.52. The molecule has 0 aromatic carbocycles. The molecule has 0 aromatic rings. The minimum atomic E-state index is 1.07. The molecule has 0 atom stereocenters. The van der Waals surface area contributed by atoms with E-state index in [0.29, 0.717) is 0 Å². The van der Waals surface area contributed by atoms with Crippen LogP contribution in [0, 0.1) is 0 Å². The lowest BCUT2D eigenvalue weighted by Gasteiger charge is -1.90. The van der Waals surface area contributed by atoms with E-state index in [2.05, 4.69) is 44.7 Å². The fourth-order valence-corrected chi connectivity index (χ4v) is 0.860. The first kappa shape index (κ1) is 11.0. The molecular weight excluding hydrogens is 144 g/mol. The van der Waals surface area contributed by atoms with Crippen LogP contribution < -0.4 is 0 Å². The van der Waals surface area contributed by atoms with Crippen molar-refractivity contribution in [2.45, 2.75) is 34.1 Å². The summed E-state index contributed by atoms with van der Waals surface area (Å²) in [7, 11) is 0. The van der Waals surface area contributed by atoms with Gasteiger partial charge < -0.3 is 0 Å². The van der Waals surface area contributed by atoms with Crippen molar-refractivity contribution in [3.05, 3.63) is 41.2 Å². The molecule has 0 aliphatic heterocycles. The highest BCUT2D eigenvalue weighted by atomic mass is 13.9. The second-order valence-electron chi connectivity index (χ2n) is 2.92. The zero-order chi connectivity index (χ0) is 9.40. The molecule has 0 heterocycles. The largest absolute Gasteiger partial charge is 0.118 e. The smallest absolute Gasteiger partial charge is 0.0157 e. The molecule has 0 aromatic heterocycles. The van der Waals surface area contributed by atoms with Crippen LogP contribution in [0.4, 0.5) is 0 Å². The van der Waals surface area contributed by atoms with Gasteiger partial charge in [-0.1, -0.05) is 24.6 Å². The Balaban J connectivity index is 4.59. The summed E-state index contributed by atoms with van der Waals surface area (Å²) in [6, 6.07) is 0. The van der Waals surface area contributed by atoms with Crippen molar-refractivity contribution in [2.24, 2.45) is 0 Å². The third-order valence-electron chi connectivity index (χ3n) is 1.29. The first-order valence-corrected chi connectivity index (χ1v) is 4.43. The van der Waals surface area contributed by atoms with E-state index in [1.807, 2.05) is 13.0 Å².